The summed E-state index contributed by atoms with van der Waals surface area (Å²) < 4.78 is 57.2. The third-order valence-corrected chi connectivity index (χ3v) is 5.49. The fourth-order valence-corrected chi connectivity index (χ4v) is 3.17. The van der Waals surface area contributed by atoms with Gasteiger partial charge >= 0.3 is 5.69 Å². The molecule has 0 atom stereocenters. The van der Waals surface area contributed by atoms with E-state index >= 15 is 0 Å². The van der Waals surface area contributed by atoms with Crippen LogP contribution in [0.4, 0.5) is 14.5 Å². The Hall–Kier alpha value is -3.25. The zero-order chi connectivity index (χ0) is 20.6. The molecule has 0 spiro atoms. The van der Waals surface area contributed by atoms with Crippen molar-refractivity contribution in [2.24, 2.45) is 0 Å². The van der Waals surface area contributed by atoms with Crippen LogP contribution < -0.4 is 4.74 Å². The van der Waals surface area contributed by atoms with Crippen LogP contribution in [0.15, 0.2) is 41.4 Å². The second-order valence-corrected chi connectivity index (χ2v) is 7.89. The predicted molar refractivity (Wildman–Crippen MR) is 93.5 cm³/mol. The second kappa shape index (κ2) is 7.05. The molecule has 0 unspecified atom stereocenters. The molecule has 0 aliphatic rings. The number of aromatic nitrogens is 2. The van der Waals surface area contributed by atoms with Gasteiger partial charge < -0.3 is 4.74 Å². The highest BCUT2D eigenvalue weighted by atomic mass is 32.2. The molecule has 146 valence electrons. The first kappa shape index (κ1) is 19.5. The molecule has 1 heterocycles. The summed E-state index contributed by atoms with van der Waals surface area (Å²) in [5.41, 5.74) is -0.575. The van der Waals surface area contributed by atoms with Crippen molar-refractivity contribution in [2.45, 2.75) is 4.90 Å². The van der Waals surface area contributed by atoms with Gasteiger partial charge in [-0.25, -0.2) is 31.5 Å². The lowest BCUT2D eigenvalue weighted by atomic mass is 10.3. The first-order chi connectivity index (χ1) is 13.1. The highest BCUT2D eigenvalue weighted by Crippen LogP contribution is 2.33. The third-order valence-electron chi connectivity index (χ3n) is 3.68. The van der Waals surface area contributed by atoms with Gasteiger partial charge in [-0.2, -0.15) is 0 Å². The number of hydrogen-bond acceptors (Lipinski definition) is 7. The smallest absolute Gasteiger partial charge is 0.312 e. The van der Waals surface area contributed by atoms with Crippen LogP contribution in [0.2, 0.25) is 0 Å². The van der Waals surface area contributed by atoms with Gasteiger partial charge in [-0.3, -0.25) is 10.1 Å². The Kier molecular flexibility index (Phi) is 4.91. The standard InChI is InChI=1S/C16H12F2N4O5S/c1-21(2)28(25,26)9-3-4-15(14(5-9)22(23)24)27-16-8-19-12-6-10(17)11(18)7-13(12)20-16/h3-8H,1-2H3. The first-order valence-corrected chi connectivity index (χ1v) is 9.04. The Bertz CT molecular complexity index is 1200. The molecule has 28 heavy (non-hydrogen) atoms. The summed E-state index contributed by atoms with van der Waals surface area (Å²) in [4.78, 5) is 18.0. The summed E-state index contributed by atoms with van der Waals surface area (Å²) >= 11 is 0. The minimum absolute atomic E-state index is 0.0224. The van der Waals surface area contributed by atoms with Crippen molar-refractivity contribution in [3.05, 3.63) is 58.3 Å². The number of rotatable bonds is 5. The van der Waals surface area contributed by atoms with E-state index in [1.54, 1.807) is 0 Å². The number of nitro groups is 1. The maximum atomic E-state index is 13.4. The molecule has 0 bridgehead atoms. The van der Waals surface area contributed by atoms with Crippen LogP contribution in [-0.2, 0) is 10.0 Å². The normalized spacial score (nSPS) is 11.8. The van der Waals surface area contributed by atoms with Crippen LogP contribution in [0.1, 0.15) is 0 Å². The highest BCUT2D eigenvalue weighted by molar-refractivity contribution is 7.89. The van der Waals surface area contributed by atoms with Crippen LogP contribution in [0.3, 0.4) is 0 Å². The van der Waals surface area contributed by atoms with E-state index in [2.05, 4.69) is 9.97 Å². The quantitative estimate of drug-likeness (QED) is 0.469. The van der Waals surface area contributed by atoms with Gasteiger partial charge in [-0.15, -0.1) is 0 Å². The Morgan fingerprint density at radius 1 is 1.11 bits per heavy atom. The van der Waals surface area contributed by atoms with Gasteiger partial charge in [0.2, 0.25) is 21.7 Å². The van der Waals surface area contributed by atoms with Gasteiger partial charge in [0, 0.05) is 32.3 Å². The molecule has 3 aromatic rings. The van der Waals surface area contributed by atoms with E-state index < -0.39 is 32.3 Å². The third kappa shape index (κ3) is 3.59. The molecule has 0 aliphatic carbocycles. The summed E-state index contributed by atoms with van der Waals surface area (Å²) in [5.74, 6) is -2.74. The monoisotopic (exact) mass is 410 g/mol. The number of hydrogen-bond donors (Lipinski definition) is 0. The van der Waals surface area contributed by atoms with Crippen LogP contribution in [-0.4, -0.2) is 41.7 Å². The summed E-state index contributed by atoms with van der Waals surface area (Å²) in [6.45, 7) is 0. The lowest BCUT2D eigenvalue weighted by Gasteiger charge is -2.12. The summed E-state index contributed by atoms with van der Waals surface area (Å²) in [7, 11) is -1.31. The van der Waals surface area contributed by atoms with Gasteiger partial charge in [0.1, 0.15) is 0 Å². The summed E-state index contributed by atoms with van der Waals surface area (Å²) in [5, 5.41) is 11.3. The molecule has 0 N–H and O–H groups in total. The second-order valence-electron chi connectivity index (χ2n) is 5.74. The molecular formula is C16H12F2N4O5S. The molecule has 0 saturated heterocycles. The number of benzene rings is 2. The lowest BCUT2D eigenvalue weighted by Crippen LogP contribution is -2.22. The maximum absolute atomic E-state index is 13.4. The summed E-state index contributed by atoms with van der Waals surface area (Å²) in [6.07, 6.45) is 1.08. The largest absolute Gasteiger partial charge is 0.430 e. The zero-order valence-electron chi connectivity index (χ0n) is 14.5. The van der Waals surface area contributed by atoms with Crippen LogP contribution in [0.25, 0.3) is 11.0 Å². The number of halogens is 2. The van der Waals surface area contributed by atoms with Crippen molar-refractivity contribution in [3.8, 4) is 11.6 Å². The Morgan fingerprint density at radius 2 is 1.75 bits per heavy atom. The number of sulfonamides is 1. The van der Waals surface area contributed by atoms with Crippen LogP contribution >= 0.6 is 0 Å². The van der Waals surface area contributed by atoms with Crippen LogP contribution in [0, 0.1) is 21.7 Å². The van der Waals surface area contributed by atoms with E-state index in [1.807, 2.05) is 0 Å². The predicted octanol–water partition coefficient (Wildman–Crippen LogP) is 2.86. The zero-order valence-corrected chi connectivity index (χ0v) is 15.3. The van der Waals surface area contributed by atoms with Gasteiger partial charge in [-0.05, 0) is 12.1 Å². The molecule has 9 nitrogen and oxygen atoms in total. The molecule has 1 aromatic heterocycles. The average Bonchev–Trinajstić information content (AvgIpc) is 2.62. The topological polar surface area (TPSA) is 116 Å². The molecule has 2 aromatic carbocycles. The molecule has 3 rings (SSSR count). The lowest BCUT2D eigenvalue weighted by molar-refractivity contribution is -0.385. The van der Waals surface area contributed by atoms with Gasteiger partial charge in [0.25, 0.3) is 0 Å². The molecule has 0 saturated carbocycles. The molecule has 12 heteroatoms. The van der Waals surface area contributed by atoms with E-state index in [0.29, 0.717) is 0 Å². The Morgan fingerprint density at radius 3 is 2.36 bits per heavy atom. The van der Waals surface area contributed by atoms with E-state index in [0.717, 1.165) is 40.8 Å². The van der Waals surface area contributed by atoms with Crippen LogP contribution in [0.5, 0.6) is 11.6 Å². The van der Waals surface area contributed by atoms with Gasteiger partial charge in [-0.1, -0.05) is 0 Å². The minimum Gasteiger partial charge on any atom is -0.430 e. The van der Waals surface area contributed by atoms with E-state index in [4.69, 9.17) is 4.74 Å². The first-order valence-electron chi connectivity index (χ1n) is 7.60. The highest BCUT2D eigenvalue weighted by Gasteiger charge is 2.24. The van der Waals surface area contributed by atoms with Crippen molar-refractivity contribution in [1.82, 2.24) is 14.3 Å². The van der Waals surface area contributed by atoms with Gasteiger partial charge in [0.15, 0.2) is 11.6 Å². The number of ether oxygens (including phenoxy) is 1. The fourth-order valence-electron chi connectivity index (χ4n) is 2.25. The van der Waals surface area contributed by atoms with Crippen molar-refractivity contribution in [2.75, 3.05) is 14.1 Å². The van der Waals surface area contributed by atoms with E-state index in [9.17, 15) is 27.3 Å². The Balaban J connectivity index is 2.03. The summed E-state index contributed by atoms with van der Waals surface area (Å²) in [6, 6.07) is 4.76. The molecule has 0 amide bonds. The molecule has 0 fully saturated rings. The number of nitro benzene ring substituents is 1. The number of nitrogens with zero attached hydrogens (tertiary/aromatic N) is 4. The van der Waals surface area contributed by atoms with Crippen molar-refractivity contribution in [1.29, 1.82) is 0 Å². The Labute approximate surface area is 157 Å². The fraction of sp³-hybridized carbons (Fsp3) is 0.125. The van der Waals surface area contributed by atoms with E-state index in [-0.39, 0.29) is 27.6 Å². The van der Waals surface area contributed by atoms with Crippen molar-refractivity contribution in [3.63, 3.8) is 0 Å². The molecule has 0 radical (unpaired) electrons. The SMILES string of the molecule is CN(C)S(=O)(=O)c1ccc(Oc2cnc3cc(F)c(F)cc3n2)c([N+](=O)[O-])c1. The van der Waals surface area contributed by atoms with E-state index in [1.165, 1.54) is 14.1 Å². The average molecular weight is 410 g/mol. The molecule has 0 aliphatic heterocycles. The number of fused-ring (bicyclic) bond motifs is 1. The maximum Gasteiger partial charge on any atom is 0.312 e. The minimum atomic E-state index is -3.89. The molecular weight excluding hydrogens is 398 g/mol. The van der Waals surface area contributed by atoms with Crippen molar-refractivity contribution >= 4 is 26.7 Å². The van der Waals surface area contributed by atoms with Crippen molar-refractivity contribution < 1.29 is 26.9 Å². The van der Waals surface area contributed by atoms with Gasteiger partial charge in [0.05, 0.1) is 27.0 Å².